The van der Waals surface area contributed by atoms with Gasteiger partial charge in [-0.25, -0.2) is 9.97 Å². The molecule has 4 nitrogen and oxygen atoms in total. The van der Waals surface area contributed by atoms with Crippen molar-refractivity contribution in [2.45, 2.75) is 25.9 Å². The molecule has 0 amide bonds. The SMILES string of the molecule is Cc1ccnc(OC2CCOCC2)n1. The molecule has 0 spiro atoms. The van der Waals surface area contributed by atoms with Gasteiger partial charge in [-0.05, 0) is 13.0 Å². The molecule has 2 heterocycles. The molecule has 0 bridgehead atoms. The summed E-state index contributed by atoms with van der Waals surface area (Å²) >= 11 is 0. The Hall–Kier alpha value is -1.16. The molecular weight excluding hydrogens is 180 g/mol. The predicted molar refractivity (Wildman–Crippen MR) is 51.2 cm³/mol. The molecule has 2 rings (SSSR count). The highest BCUT2D eigenvalue weighted by molar-refractivity contribution is 5.03. The molecule has 1 aromatic heterocycles. The standard InChI is InChI=1S/C10H14N2O2/c1-8-2-5-11-10(12-8)14-9-3-6-13-7-4-9/h2,5,9H,3-4,6-7H2,1H3. The summed E-state index contributed by atoms with van der Waals surface area (Å²) in [6.45, 7) is 3.48. The lowest BCUT2D eigenvalue weighted by molar-refractivity contribution is 0.0216. The molecule has 0 aliphatic carbocycles. The van der Waals surface area contributed by atoms with Gasteiger partial charge in [-0.2, -0.15) is 0 Å². The van der Waals surface area contributed by atoms with Gasteiger partial charge in [-0.1, -0.05) is 0 Å². The fraction of sp³-hybridized carbons (Fsp3) is 0.600. The Labute approximate surface area is 83.3 Å². The van der Waals surface area contributed by atoms with Crippen molar-refractivity contribution in [3.8, 4) is 6.01 Å². The van der Waals surface area contributed by atoms with E-state index < -0.39 is 0 Å². The Bertz CT molecular complexity index is 298. The van der Waals surface area contributed by atoms with E-state index in [1.165, 1.54) is 0 Å². The van der Waals surface area contributed by atoms with Crippen LogP contribution in [0.2, 0.25) is 0 Å². The summed E-state index contributed by atoms with van der Waals surface area (Å²) in [6, 6.07) is 2.34. The van der Waals surface area contributed by atoms with Crippen molar-refractivity contribution >= 4 is 0 Å². The smallest absolute Gasteiger partial charge is 0.316 e. The van der Waals surface area contributed by atoms with Crippen LogP contribution in [0.15, 0.2) is 12.3 Å². The monoisotopic (exact) mass is 194 g/mol. The lowest BCUT2D eigenvalue weighted by Gasteiger charge is -2.21. The number of hydrogen-bond acceptors (Lipinski definition) is 4. The molecule has 1 aliphatic rings. The van der Waals surface area contributed by atoms with E-state index in [0.717, 1.165) is 31.7 Å². The summed E-state index contributed by atoms with van der Waals surface area (Å²) in [5.74, 6) is 0. The average molecular weight is 194 g/mol. The molecule has 0 unspecified atom stereocenters. The normalized spacial score (nSPS) is 18.1. The van der Waals surface area contributed by atoms with E-state index in [2.05, 4.69) is 9.97 Å². The average Bonchev–Trinajstić information content (AvgIpc) is 2.19. The van der Waals surface area contributed by atoms with Crippen molar-refractivity contribution in [2.24, 2.45) is 0 Å². The van der Waals surface area contributed by atoms with Crippen LogP contribution >= 0.6 is 0 Å². The van der Waals surface area contributed by atoms with Crippen LogP contribution in [0.1, 0.15) is 18.5 Å². The van der Waals surface area contributed by atoms with Gasteiger partial charge >= 0.3 is 6.01 Å². The zero-order valence-corrected chi connectivity index (χ0v) is 8.27. The Morgan fingerprint density at radius 3 is 2.93 bits per heavy atom. The first-order valence-corrected chi connectivity index (χ1v) is 4.88. The third-order valence-corrected chi connectivity index (χ3v) is 2.21. The van der Waals surface area contributed by atoms with E-state index in [4.69, 9.17) is 9.47 Å². The maximum absolute atomic E-state index is 5.63. The van der Waals surface area contributed by atoms with Gasteiger partial charge in [0, 0.05) is 24.7 Å². The van der Waals surface area contributed by atoms with Crippen LogP contribution in [0.5, 0.6) is 6.01 Å². The topological polar surface area (TPSA) is 44.2 Å². The van der Waals surface area contributed by atoms with Crippen molar-refractivity contribution in [3.05, 3.63) is 18.0 Å². The first-order valence-electron chi connectivity index (χ1n) is 4.88. The van der Waals surface area contributed by atoms with Gasteiger partial charge in [0.1, 0.15) is 6.10 Å². The first-order chi connectivity index (χ1) is 6.84. The number of nitrogens with zero attached hydrogens (tertiary/aromatic N) is 2. The number of aryl methyl sites for hydroxylation is 1. The minimum absolute atomic E-state index is 0.213. The van der Waals surface area contributed by atoms with Crippen molar-refractivity contribution in [1.82, 2.24) is 9.97 Å². The lowest BCUT2D eigenvalue weighted by atomic mass is 10.2. The zero-order valence-electron chi connectivity index (χ0n) is 8.27. The van der Waals surface area contributed by atoms with Crippen LogP contribution in [0.3, 0.4) is 0 Å². The van der Waals surface area contributed by atoms with Gasteiger partial charge in [0.15, 0.2) is 0 Å². The van der Waals surface area contributed by atoms with Crippen LogP contribution in [-0.4, -0.2) is 29.3 Å². The van der Waals surface area contributed by atoms with E-state index in [-0.39, 0.29) is 6.10 Å². The van der Waals surface area contributed by atoms with Gasteiger partial charge in [-0.15, -0.1) is 0 Å². The highest BCUT2D eigenvalue weighted by atomic mass is 16.5. The summed E-state index contributed by atoms with van der Waals surface area (Å²) < 4.78 is 10.9. The van der Waals surface area contributed by atoms with E-state index >= 15 is 0 Å². The Morgan fingerprint density at radius 2 is 2.21 bits per heavy atom. The summed E-state index contributed by atoms with van der Waals surface area (Å²) in [5.41, 5.74) is 0.932. The van der Waals surface area contributed by atoms with Crippen LogP contribution in [-0.2, 0) is 4.74 Å². The first kappa shape index (κ1) is 9.40. The third-order valence-electron chi connectivity index (χ3n) is 2.21. The molecule has 0 atom stereocenters. The third kappa shape index (κ3) is 2.42. The van der Waals surface area contributed by atoms with Crippen LogP contribution in [0.4, 0.5) is 0 Å². The Kier molecular flexibility index (Phi) is 2.93. The summed E-state index contributed by atoms with van der Waals surface area (Å²) in [5, 5.41) is 0. The molecule has 76 valence electrons. The number of ether oxygens (including phenoxy) is 2. The fourth-order valence-corrected chi connectivity index (χ4v) is 1.43. The lowest BCUT2D eigenvalue weighted by Crippen LogP contribution is -2.26. The second-order valence-corrected chi connectivity index (χ2v) is 3.41. The van der Waals surface area contributed by atoms with Gasteiger partial charge < -0.3 is 9.47 Å². The molecular formula is C10H14N2O2. The van der Waals surface area contributed by atoms with Crippen LogP contribution in [0.25, 0.3) is 0 Å². The van der Waals surface area contributed by atoms with Crippen molar-refractivity contribution in [3.63, 3.8) is 0 Å². The summed E-state index contributed by atoms with van der Waals surface area (Å²) in [6.07, 6.45) is 3.79. The minimum atomic E-state index is 0.213. The number of hydrogen-bond donors (Lipinski definition) is 0. The zero-order chi connectivity index (χ0) is 9.80. The molecule has 1 saturated heterocycles. The molecule has 0 saturated carbocycles. The fourth-order valence-electron chi connectivity index (χ4n) is 1.43. The van der Waals surface area contributed by atoms with Gasteiger partial charge in [0.05, 0.1) is 13.2 Å². The van der Waals surface area contributed by atoms with Crippen molar-refractivity contribution in [2.75, 3.05) is 13.2 Å². The van der Waals surface area contributed by atoms with Crippen molar-refractivity contribution < 1.29 is 9.47 Å². The quantitative estimate of drug-likeness (QED) is 0.712. The molecule has 0 radical (unpaired) electrons. The van der Waals surface area contributed by atoms with Crippen LogP contribution < -0.4 is 4.74 Å². The van der Waals surface area contributed by atoms with Crippen molar-refractivity contribution in [1.29, 1.82) is 0 Å². The highest BCUT2D eigenvalue weighted by Crippen LogP contribution is 2.13. The minimum Gasteiger partial charge on any atom is -0.460 e. The number of aromatic nitrogens is 2. The maximum Gasteiger partial charge on any atom is 0.316 e. The molecule has 1 aromatic rings. The Morgan fingerprint density at radius 1 is 1.43 bits per heavy atom. The maximum atomic E-state index is 5.63. The van der Waals surface area contributed by atoms with Crippen LogP contribution in [0, 0.1) is 6.92 Å². The van der Waals surface area contributed by atoms with E-state index in [1.54, 1.807) is 6.20 Å². The van der Waals surface area contributed by atoms with E-state index in [9.17, 15) is 0 Å². The van der Waals surface area contributed by atoms with E-state index in [0.29, 0.717) is 6.01 Å². The van der Waals surface area contributed by atoms with E-state index in [1.807, 2.05) is 13.0 Å². The Balaban J connectivity index is 1.95. The summed E-state index contributed by atoms with van der Waals surface area (Å²) in [7, 11) is 0. The molecule has 1 fully saturated rings. The summed E-state index contributed by atoms with van der Waals surface area (Å²) in [4.78, 5) is 8.25. The number of rotatable bonds is 2. The molecule has 0 N–H and O–H groups in total. The largest absolute Gasteiger partial charge is 0.460 e. The second kappa shape index (κ2) is 4.37. The van der Waals surface area contributed by atoms with Gasteiger partial charge in [0.25, 0.3) is 0 Å². The predicted octanol–water partition coefficient (Wildman–Crippen LogP) is 1.34. The molecule has 0 aromatic carbocycles. The molecule has 1 aliphatic heterocycles. The molecule has 14 heavy (non-hydrogen) atoms. The van der Waals surface area contributed by atoms with Gasteiger partial charge in [0.2, 0.25) is 0 Å². The molecule has 4 heteroatoms. The van der Waals surface area contributed by atoms with Gasteiger partial charge in [-0.3, -0.25) is 0 Å². The highest BCUT2D eigenvalue weighted by Gasteiger charge is 2.16. The second-order valence-electron chi connectivity index (χ2n) is 3.41.